The molecule has 0 fully saturated rings. The normalized spacial score (nSPS) is 13.0. The van der Waals surface area contributed by atoms with Crippen LogP contribution in [-0.2, 0) is 5.41 Å². The summed E-state index contributed by atoms with van der Waals surface area (Å²) in [7, 11) is 0. The Hall–Kier alpha value is -7.42. The van der Waals surface area contributed by atoms with Gasteiger partial charge in [0.25, 0.3) is 0 Å². The van der Waals surface area contributed by atoms with Gasteiger partial charge in [-0.25, -0.2) is 0 Å². The van der Waals surface area contributed by atoms with Crippen molar-refractivity contribution < 1.29 is 0 Å². The number of fused-ring (bicyclic) bond motifs is 9. The van der Waals surface area contributed by atoms with E-state index in [0.29, 0.717) is 0 Å². The highest BCUT2D eigenvalue weighted by Crippen LogP contribution is 2.65. The van der Waals surface area contributed by atoms with Gasteiger partial charge in [0.05, 0.1) is 28.2 Å². The van der Waals surface area contributed by atoms with Crippen LogP contribution in [0, 0.1) is 0 Å². The zero-order valence-corrected chi connectivity index (χ0v) is 31.3. The van der Waals surface area contributed by atoms with Gasteiger partial charge in [-0.05, 0) is 93.0 Å². The number of rotatable bonds is 6. The Kier molecular flexibility index (Phi) is 7.75. The van der Waals surface area contributed by atoms with Crippen molar-refractivity contribution in [2.75, 3.05) is 9.80 Å². The van der Waals surface area contributed by atoms with E-state index >= 15 is 0 Å². The van der Waals surface area contributed by atoms with Gasteiger partial charge in [0, 0.05) is 22.5 Å². The molecule has 2 heteroatoms. The number of para-hydroxylation sites is 4. The molecule has 1 spiro atoms. The summed E-state index contributed by atoms with van der Waals surface area (Å²) in [6.45, 7) is 0. The van der Waals surface area contributed by atoms with Gasteiger partial charge >= 0.3 is 0 Å². The maximum Gasteiger partial charge on any atom is 0.0755 e. The lowest BCUT2D eigenvalue weighted by Gasteiger charge is -2.45. The van der Waals surface area contributed by atoms with Gasteiger partial charge in [-0.2, -0.15) is 0 Å². The number of nitrogens with zero attached hydrogens (tertiary/aromatic N) is 2. The molecule has 0 atom stereocenters. The SMILES string of the molecule is c1ccc(-c2ccc(N(c3ccccc3-c3ccccc3)c3cccc4c3-c3ccccc3C43c4ccccc4N(c4ccccc4)c4ccccc43)cc2)cc1. The van der Waals surface area contributed by atoms with Crippen LogP contribution < -0.4 is 9.80 Å². The highest BCUT2D eigenvalue weighted by atomic mass is 15.2. The first-order valence-electron chi connectivity index (χ1n) is 19.7. The summed E-state index contributed by atoms with van der Waals surface area (Å²) in [5, 5.41) is 0. The van der Waals surface area contributed by atoms with Gasteiger partial charge in [0.1, 0.15) is 0 Å². The minimum atomic E-state index is -0.553. The highest BCUT2D eigenvalue weighted by Gasteiger charge is 2.52. The van der Waals surface area contributed by atoms with E-state index in [9.17, 15) is 0 Å². The predicted octanol–water partition coefficient (Wildman–Crippen LogP) is 14.6. The number of hydrogen-bond donors (Lipinski definition) is 0. The van der Waals surface area contributed by atoms with Crippen molar-refractivity contribution in [1.29, 1.82) is 0 Å². The lowest BCUT2D eigenvalue weighted by Crippen LogP contribution is -2.36. The van der Waals surface area contributed by atoms with Crippen LogP contribution in [0.3, 0.4) is 0 Å². The van der Waals surface area contributed by atoms with Crippen LogP contribution in [0.5, 0.6) is 0 Å². The van der Waals surface area contributed by atoms with Crippen molar-refractivity contribution in [2.24, 2.45) is 0 Å². The van der Waals surface area contributed by atoms with Gasteiger partial charge in [-0.1, -0.05) is 182 Å². The molecule has 57 heavy (non-hydrogen) atoms. The average Bonchev–Trinajstić information content (AvgIpc) is 3.59. The van der Waals surface area contributed by atoms with E-state index in [1.54, 1.807) is 0 Å². The van der Waals surface area contributed by atoms with Gasteiger partial charge in [0.2, 0.25) is 0 Å². The fourth-order valence-electron chi connectivity index (χ4n) is 9.55. The lowest BCUT2D eigenvalue weighted by atomic mass is 9.64. The zero-order valence-electron chi connectivity index (χ0n) is 31.3. The predicted molar refractivity (Wildman–Crippen MR) is 238 cm³/mol. The molecular formula is C55H38N2. The molecule has 0 radical (unpaired) electrons. The maximum absolute atomic E-state index is 2.49. The number of anilines is 6. The van der Waals surface area contributed by atoms with Gasteiger partial charge in [-0.15, -0.1) is 0 Å². The van der Waals surface area contributed by atoms with Gasteiger partial charge in [0.15, 0.2) is 0 Å². The second-order valence-corrected chi connectivity index (χ2v) is 14.8. The smallest absolute Gasteiger partial charge is 0.0755 e. The molecule has 11 rings (SSSR count). The number of hydrogen-bond acceptors (Lipinski definition) is 2. The van der Waals surface area contributed by atoms with Crippen LogP contribution in [0.1, 0.15) is 22.3 Å². The molecular weight excluding hydrogens is 689 g/mol. The summed E-state index contributed by atoms with van der Waals surface area (Å²) in [6.07, 6.45) is 0. The van der Waals surface area contributed by atoms with Crippen molar-refractivity contribution in [3.05, 3.63) is 253 Å². The molecule has 0 bridgehead atoms. The molecule has 2 aliphatic rings. The van der Waals surface area contributed by atoms with E-state index in [1.807, 2.05) is 0 Å². The molecule has 0 saturated carbocycles. The molecule has 2 nitrogen and oxygen atoms in total. The molecule has 0 amide bonds. The van der Waals surface area contributed by atoms with E-state index < -0.39 is 5.41 Å². The molecule has 0 saturated heterocycles. The van der Waals surface area contributed by atoms with E-state index in [0.717, 1.165) is 22.7 Å². The molecule has 0 N–H and O–H groups in total. The first-order chi connectivity index (χ1) is 28.3. The Morgan fingerprint density at radius 2 is 0.789 bits per heavy atom. The third kappa shape index (κ3) is 5.04. The van der Waals surface area contributed by atoms with Crippen LogP contribution in [0.4, 0.5) is 34.1 Å². The Morgan fingerprint density at radius 1 is 0.316 bits per heavy atom. The molecule has 9 aromatic carbocycles. The Bertz CT molecular complexity index is 2850. The molecule has 1 aliphatic heterocycles. The van der Waals surface area contributed by atoms with Gasteiger partial charge in [-0.3, -0.25) is 0 Å². The summed E-state index contributed by atoms with van der Waals surface area (Å²) in [5.41, 5.74) is 18.8. The third-order valence-electron chi connectivity index (χ3n) is 11.9. The van der Waals surface area contributed by atoms with Crippen molar-refractivity contribution in [3.8, 4) is 33.4 Å². The van der Waals surface area contributed by atoms with Crippen LogP contribution >= 0.6 is 0 Å². The third-order valence-corrected chi connectivity index (χ3v) is 11.9. The van der Waals surface area contributed by atoms with Crippen molar-refractivity contribution in [2.45, 2.75) is 5.41 Å². The van der Waals surface area contributed by atoms with Crippen LogP contribution in [-0.4, -0.2) is 0 Å². The summed E-state index contributed by atoms with van der Waals surface area (Å²) in [5.74, 6) is 0. The zero-order chi connectivity index (χ0) is 37.8. The molecule has 1 heterocycles. The minimum Gasteiger partial charge on any atom is -0.310 e. The largest absolute Gasteiger partial charge is 0.310 e. The molecule has 1 aliphatic carbocycles. The van der Waals surface area contributed by atoms with Crippen molar-refractivity contribution in [3.63, 3.8) is 0 Å². The monoisotopic (exact) mass is 726 g/mol. The minimum absolute atomic E-state index is 0.553. The highest BCUT2D eigenvalue weighted by molar-refractivity contribution is 6.02. The average molecular weight is 727 g/mol. The number of benzene rings is 9. The standard InChI is InChI=1S/C55H38N2/c1-4-19-39(20-5-1)40-35-37-43(38-36-40)56(50-31-15-11-25-44(50)41-21-6-2-7-22-41)53-34-18-30-49-54(53)45-26-10-12-27-46(45)55(49)47-28-13-16-32-51(47)57(42-23-8-3-9-24-42)52-33-17-14-29-48(52)55/h1-38H. The quantitative estimate of drug-likeness (QED) is 0.168. The van der Waals surface area contributed by atoms with Crippen LogP contribution in [0.25, 0.3) is 33.4 Å². The fraction of sp³-hybridized carbons (Fsp3) is 0.0182. The van der Waals surface area contributed by atoms with E-state index in [1.165, 1.54) is 67.0 Å². The topological polar surface area (TPSA) is 6.48 Å². The Labute approximate surface area is 334 Å². The fourth-order valence-corrected chi connectivity index (χ4v) is 9.55. The Morgan fingerprint density at radius 3 is 1.46 bits per heavy atom. The second kappa shape index (κ2) is 13.4. The summed E-state index contributed by atoms with van der Waals surface area (Å²) in [6, 6.07) is 84.2. The van der Waals surface area contributed by atoms with Crippen LogP contribution in [0.15, 0.2) is 231 Å². The van der Waals surface area contributed by atoms with E-state index in [4.69, 9.17) is 0 Å². The lowest BCUT2D eigenvalue weighted by molar-refractivity contribution is 0.752. The summed E-state index contributed by atoms with van der Waals surface area (Å²) >= 11 is 0. The molecule has 268 valence electrons. The van der Waals surface area contributed by atoms with E-state index in [2.05, 4.69) is 240 Å². The second-order valence-electron chi connectivity index (χ2n) is 14.8. The molecule has 0 aromatic heterocycles. The van der Waals surface area contributed by atoms with Gasteiger partial charge < -0.3 is 9.80 Å². The first-order valence-corrected chi connectivity index (χ1v) is 19.7. The van der Waals surface area contributed by atoms with Crippen molar-refractivity contribution >= 4 is 34.1 Å². The maximum atomic E-state index is 2.49. The van der Waals surface area contributed by atoms with E-state index in [-0.39, 0.29) is 0 Å². The summed E-state index contributed by atoms with van der Waals surface area (Å²) < 4.78 is 0. The first kappa shape index (κ1) is 33.0. The van der Waals surface area contributed by atoms with Crippen molar-refractivity contribution in [1.82, 2.24) is 0 Å². The Balaban J connectivity index is 1.21. The van der Waals surface area contributed by atoms with Crippen LogP contribution in [0.2, 0.25) is 0 Å². The summed E-state index contributed by atoms with van der Waals surface area (Å²) in [4.78, 5) is 4.93. The molecule has 0 unspecified atom stereocenters. The molecule has 9 aromatic rings.